The average molecular weight is 348 g/mol. The summed E-state index contributed by atoms with van der Waals surface area (Å²) in [5.41, 5.74) is 1.91. The van der Waals surface area contributed by atoms with Gasteiger partial charge in [0.2, 0.25) is 0 Å². The number of ether oxygens (including phenoxy) is 2. The molecule has 5 heteroatoms. The third-order valence-electron chi connectivity index (χ3n) is 3.79. The zero-order valence-electron chi connectivity index (χ0n) is 14.3. The SMILES string of the molecule is COc1ccc([C@H](C)NC(=O)[C@@H](C)Oc2ccc(Cl)c(C)c2)cc1. The van der Waals surface area contributed by atoms with E-state index >= 15 is 0 Å². The summed E-state index contributed by atoms with van der Waals surface area (Å²) >= 11 is 5.99. The van der Waals surface area contributed by atoms with Crippen LogP contribution in [-0.2, 0) is 4.79 Å². The number of benzene rings is 2. The molecule has 0 aliphatic carbocycles. The van der Waals surface area contributed by atoms with E-state index in [2.05, 4.69) is 5.32 Å². The van der Waals surface area contributed by atoms with E-state index in [0.717, 1.165) is 16.9 Å². The molecular weight excluding hydrogens is 326 g/mol. The Morgan fingerprint density at radius 3 is 2.29 bits per heavy atom. The molecule has 2 atom stereocenters. The van der Waals surface area contributed by atoms with Crippen molar-refractivity contribution >= 4 is 17.5 Å². The first-order valence-electron chi connectivity index (χ1n) is 7.78. The molecule has 24 heavy (non-hydrogen) atoms. The molecule has 0 heterocycles. The summed E-state index contributed by atoms with van der Waals surface area (Å²) < 4.78 is 10.8. The van der Waals surface area contributed by atoms with E-state index in [9.17, 15) is 4.79 Å². The van der Waals surface area contributed by atoms with Gasteiger partial charge in [0, 0.05) is 5.02 Å². The molecule has 0 spiro atoms. The van der Waals surface area contributed by atoms with Gasteiger partial charge in [0.1, 0.15) is 11.5 Å². The van der Waals surface area contributed by atoms with E-state index in [1.807, 2.05) is 44.2 Å². The van der Waals surface area contributed by atoms with Crippen LogP contribution in [0.3, 0.4) is 0 Å². The van der Waals surface area contributed by atoms with Gasteiger partial charge in [-0.15, -0.1) is 0 Å². The predicted molar refractivity (Wildman–Crippen MR) is 95.8 cm³/mol. The van der Waals surface area contributed by atoms with Gasteiger partial charge < -0.3 is 14.8 Å². The van der Waals surface area contributed by atoms with Gasteiger partial charge in [-0.05, 0) is 62.2 Å². The molecule has 0 saturated carbocycles. The van der Waals surface area contributed by atoms with Crippen LogP contribution in [0.15, 0.2) is 42.5 Å². The number of amides is 1. The minimum absolute atomic E-state index is 0.124. The summed E-state index contributed by atoms with van der Waals surface area (Å²) in [6.45, 7) is 5.55. The number of methoxy groups -OCH3 is 1. The van der Waals surface area contributed by atoms with Crippen LogP contribution in [0.4, 0.5) is 0 Å². The molecule has 1 N–H and O–H groups in total. The van der Waals surface area contributed by atoms with E-state index < -0.39 is 6.10 Å². The first-order chi connectivity index (χ1) is 11.4. The summed E-state index contributed by atoms with van der Waals surface area (Å²) in [7, 11) is 1.62. The molecule has 2 rings (SSSR count). The average Bonchev–Trinajstić information content (AvgIpc) is 2.58. The number of hydrogen-bond acceptors (Lipinski definition) is 3. The number of rotatable bonds is 6. The summed E-state index contributed by atoms with van der Waals surface area (Å²) in [5.74, 6) is 1.23. The number of carbonyl (C=O) groups is 1. The Morgan fingerprint density at radius 2 is 1.71 bits per heavy atom. The topological polar surface area (TPSA) is 47.6 Å². The molecule has 0 fully saturated rings. The first-order valence-corrected chi connectivity index (χ1v) is 8.15. The van der Waals surface area contributed by atoms with Crippen molar-refractivity contribution < 1.29 is 14.3 Å². The molecule has 0 aliphatic rings. The van der Waals surface area contributed by atoms with Crippen LogP contribution in [0.1, 0.15) is 31.0 Å². The molecule has 2 aromatic rings. The number of halogens is 1. The molecule has 0 aliphatic heterocycles. The molecule has 128 valence electrons. The number of nitrogens with one attached hydrogen (secondary N) is 1. The smallest absolute Gasteiger partial charge is 0.261 e. The molecule has 4 nitrogen and oxygen atoms in total. The fraction of sp³-hybridized carbons (Fsp3) is 0.316. The lowest BCUT2D eigenvalue weighted by molar-refractivity contribution is -0.127. The maximum Gasteiger partial charge on any atom is 0.261 e. The first kappa shape index (κ1) is 18.1. The van der Waals surface area contributed by atoms with Crippen LogP contribution in [0, 0.1) is 6.92 Å². The molecule has 2 aromatic carbocycles. The van der Waals surface area contributed by atoms with Crippen LogP contribution in [0.25, 0.3) is 0 Å². The standard InChI is InChI=1S/C19H22ClNO3/c1-12-11-17(9-10-18(12)20)24-14(3)19(22)21-13(2)15-5-7-16(23-4)8-6-15/h5-11,13-14H,1-4H3,(H,21,22)/t13-,14+/m0/s1. The quantitative estimate of drug-likeness (QED) is 0.847. The van der Waals surface area contributed by atoms with Crippen molar-refractivity contribution in [2.45, 2.75) is 32.9 Å². The Labute approximate surface area is 147 Å². The Morgan fingerprint density at radius 1 is 1.08 bits per heavy atom. The molecule has 0 radical (unpaired) electrons. The van der Waals surface area contributed by atoms with Crippen LogP contribution < -0.4 is 14.8 Å². The van der Waals surface area contributed by atoms with Gasteiger partial charge in [-0.1, -0.05) is 23.7 Å². The second-order valence-corrected chi connectivity index (χ2v) is 6.08. The fourth-order valence-electron chi connectivity index (χ4n) is 2.25. The van der Waals surface area contributed by atoms with E-state index in [0.29, 0.717) is 10.8 Å². The number of aryl methyl sites for hydroxylation is 1. The normalized spacial score (nSPS) is 13.0. The Hall–Kier alpha value is -2.20. The number of hydrogen-bond donors (Lipinski definition) is 1. The van der Waals surface area contributed by atoms with E-state index in [4.69, 9.17) is 21.1 Å². The van der Waals surface area contributed by atoms with Crippen molar-refractivity contribution in [1.29, 1.82) is 0 Å². The van der Waals surface area contributed by atoms with Crippen molar-refractivity contribution in [3.8, 4) is 11.5 Å². The van der Waals surface area contributed by atoms with Crippen molar-refractivity contribution in [2.24, 2.45) is 0 Å². The zero-order valence-corrected chi connectivity index (χ0v) is 15.1. The number of carbonyl (C=O) groups excluding carboxylic acids is 1. The minimum Gasteiger partial charge on any atom is -0.497 e. The Kier molecular flexibility index (Phi) is 6.10. The molecule has 0 saturated heterocycles. The second-order valence-electron chi connectivity index (χ2n) is 5.67. The largest absolute Gasteiger partial charge is 0.497 e. The lowest BCUT2D eigenvalue weighted by Crippen LogP contribution is -2.37. The Balaban J connectivity index is 1.95. The highest BCUT2D eigenvalue weighted by Gasteiger charge is 2.18. The maximum atomic E-state index is 12.3. The zero-order chi connectivity index (χ0) is 17.7. The van der Waals surface area contributed by atoms with Gasteiger partial charge in [0.05, 0.1) is 13.2 Å². The summed E-state index contributed by atoms with van der Waals surface area (Å²) in [4.78, 5) is 12.3. The minimum atomic E-state index is -0.605. The van der Waals surface area contributed by atoms with Gasteiger partial charge in [0.25, 0.3) is 5.91 Å². The Bertz CT molecular complexity index is 700. The third kappa shape index (κ3) is 4.65. The molecule has 0 unspecified atom stereocenters. The van der Waals surface area contributed by atoms with Crippen LogP contribution in [0.2, 0.25) is 5.02 Å². The highest BCUT2D eigenvalue weighted by atomic mass is 35.5. The third-order valence-corrected chi connectivity index (χ3v) is 4.21. The van der Waals surface area contributed by atoms with Gasteiger partial charge in [-0.2, -0.15) is 0 Å². The van der Waals surface area contributed by atoms with Crippen molar-refractivity contribution in [1.82, 2.24) is 5.32 Å². The molecule has 0 aromatic heterocycles. The van der Waals surface area contributed by atoms with Crippen molar-refractivity contribution in [2.75, 3.05) is 7.11 Å². The highest BCUT2D eigenvalue weighted by Crippen LogP contribution is 2.22. The molecular formula is C19H22ClNO3. The van der Waals surface area contributed by atoms with Gasteiger partial charge in [-0.25, -0.2) is 0 Å². The van der Waals surface area contributed by atoms with Crippen molar-refractivity contribution in [3.63, 3.8) is 0 Å². The summed E-state index contributed by atoms with van der Waals surface area (Å²) in [6.07, 6.45) is -0.605. The highest BCUT2D eigenvalue weighted by molar-refractivity contribution is 6.31. The summed E-state index contributed by atoms with van der Waals surface area (Å²) in [6, 6.07) is 12.8. The van der Waals surface area contributed by atoms with E-state index in [1.165, 1.54) is 0 Å². The fourth-order valence-corrected chi connectivity index (χ4v) is 2.37. The lowest BCUT2D eigenvalue weighted by Gasteiger charge is -2.19. The van der Waals surface area contributed by atoms with E-state index in [1.54, 1.807) is 26.2 Å². The summed E-state index contributed by atoms with van der Waals surface area (Å²) in [5, 5.41) is 3.62. The maximum absolute atomic E-state index is 12.3. The van der Waals surface area contributed by atoms with Crippen LogP contribution >= 0.6 is 11.6 Å². The van der Waals surface area contributed by atoms with Crippen LogP contribution in [-0.4, -0.2) is 19.1 Å². The predicted octanol–water partition coefficient (Wildman–Crippen LogP) is 4.30. The van der Waals surface area contributed by atoms with E-state index in [-0.39, 0.29) is 11.9 Å². The van der Waals surface area contributed by atoms with Gasteiger partial charge >= 0.3 is 0 Å². The van der Waals surface area contributed by atoms with Crippen molar-refractivity contribution in [3.05, 3.63) is 58.6 Å². The van der Waals surface area contributed by atoms with Crippen LogP contribution in [0.5, 0.6) is 11.5 Å². The molecule has 1 amide bonds. The van der Waals surface area contributed by atoms with Gasteiger partial charge in [0.15, 0.2) is 6.10 Å². The monoisotopic (exact) mass is 347 g/mol. The lowest BCUT2D eigenvalue weighted by atomic mass is 10.1. The van der Waals surface area contributed by atoms with Gasteiger partial charge in [-0.3, -0.25) is 4.79 Å². The second kappa shape index (κ2) is 8.06. The molecule has 0 bridgehead atoms.